The summed E-state index contributed by atoms with van der Waals surface area (Å²) < 4.78 is 11.2. The van der Waals surface area contributed by atoms with Gasteiger partial charge < -0.3 is 9.47 Å². The van der Waals surface area contributed by atoms with E-state index >= 15 is 0 Å². The molecule has 0 spiro atoms. The average molecular weight is 199 g/mol. The van der Waals surface area contributed by atoms with Gasteiger partial charge in [0, 0.05) is 10.3 Å². The van der Waals surface area contributed by atoms with Crippen LogP contribution in [0.5, 0.6) is 0 Å². The summed E-state index contributed by atoms with van der Waals surface area (Å²) in [5, 5.41) is 3.51. The van der Waals surface area contributed by atoms with Crippen LogP contribution in [-0.4, -0.2) is 25.5 Å². The molecule has 1 aliphatic heterocycles. The minimum Gasteiger partial charge on any atom is -0.352 e. The average Bonchev–Trinajstić information content (AvgIpc) is 2.14. The van der Waals surface area contributed by atoms with Gasteiger partial charge in [-0.3, -0.25) is 0 Å². The van der Waals surface area contributed by atoms with Gasteiger partial charge in [-0.2, -0.15) is 0 Å². The number of ether oxygens (including phenoxy) is 2. The van der Waals surface area contributed by atoms with Gasteiger partial charge in [0.15, 0.2) is 6.29 Å². The molecule has 2 atom stereocenters. The van der Waals surface area contributed by atoms with Crippen molar-refractivity contribution in [2.24, 2.45) is 10.5 Å². The number of nitrogens with zero attached hydrogens (tertiary/aromatic N) is 3. The minimum atomic E-state index is -0.199. The van der Waals surface area contributed by atoms with E-state index in [1.54, 1.807) is 0 Å². The molecule has 0 N–H and O–H groups in total. The Hall–Kier alpha value is -0.770. The van der Waals surface area contributed by atoms with E-state index in [0.717, 1.165) is 6.42 Å². The summed E-state index contributed by atoms with van der Waals surface area (Å²) in [6.45, 7) is 7.26. The molecule has 5 heteroatoms. The van der Waals surface area contributed by atoms with Crippen LogP contribution in [0.4, 0.5) is 0 Å². The predicted molar refractivity (Wildman–Crippen MR) is 52.7 cm³/mol. The van der Waals surface area contributed by atoms with Crippen molar-refractivity contribution in [1.82, 2.24) is 0 Å². The van der Waals surface area contributed by atoms with Crippen molar-refractivity contribution >= 4 is 0 Å². The van der Waals surface area contributed by atoms with Crippen LogP contribution in [0.2, 0.25) is 0 Å². The van der Waals surface area contributed by atoms with Gasteiger partial charge in [-0.1, -0.05) is 25.9 Å². The summed E-state index contributed by atoms with van der Waals surface area (Å²) in [7, 11) is 0. The molecule has 5 nitrogen and oxygen atoms in total. The zero-order chi connectivity index (χ0) is 10.6. The fourth-order valence-corrected chi connectivity index (χ4v) is 1.30. The molecule has 14 heavy (non-hydrogen) atoms. The highest BCUT2D eigenvalue weighted by Crippen LogP contribution is 2.28. The van der Waals surface area contributed by atoms with Crippen LogP contribution in [0, 0.1) is 5.41 Å². The molecule has 1 aliphatic rings. The lowest BCUT2D eigenvalue weighted by molar-refractivity contribution is -0.250. The van der Waals surface area contributed by atoms with E-state index in [2.05, 4.69) is 30.8 Å². The molecule has 0 saturated carbocycles. The highest BCUT2D eigenvalue weighted by molar-refractivity contribution is 4.74. The maximum Gasteiger partial charge on any atom is 0.162 e. The molecule has 1 rings (SSSR count). The van der Waals surface area contributed by atoms with Crippen molar-refractivity contribution < 1.29 is 9.47 Å². The second kappa shape index (κ2) is 4.64. The summed E-state index contributed by atoms with van der Waals surface area (Å²) in [6, 6.07) is 0. The van der Waals surface area contributed by atoms with E-state index in [-0.39, 0.29) is 17.8 Å². The quantitative estimate of drug-likeness (QED) is 0.389. The fraction of sp³-hybridized carbons (Fsp3) is 1.00. The Bertz CT molecular complexity index is 231. The van der Waals surface area contributed by atoms with Gasteiger partial charge in [0.1, 0.15) is 0 Å². The molecule has 0 aromatic rings. The molecule has 1 fully saturated rings. The lowest BCUT2D eigenvalue weighted by Gasteiger charge is -2.37. The van der Waals surface area contributed by atoms with Crippen molar-refractivity contribution in [3.8, 4) is 0 Å². The van der Waals surface area contributed by atoms with Gasteiger partial charge in [-0.15, -0.1) is 0 Å². The largest absolute Gasteiger partial charge is 0.352 e. The molecule has 0 aromatic heterocycles. The minimum absolute atomic E-state index is 0.00359. The van der Waals surface area contributed by atoms with E-state index in [4.69, 9.17) is 15.0 Å². The van der Waals surface area contributed by atoms with Gasteiger partial charge in [-0.25, -0.2) is 0 Å². The second-order valence-electron chi connectivity index (χ2n) is 4.53. The Labute approximate surface area is 84.0 Å². The monoisotopic (exact) mass is 199 g/mol. The smallest absolute Gasteiger partial charge is 0.162 e. The van der Waals surface area contributed by atoms with Gasteiger partial charge in [0.2, 0.25) is 0 Å². The van der Waals surface area contributed by atoms with Crippen LogP contribution in [0.1, 0.15) is 27.2 Å². The lowest BCUT2D eigenvalue weighted by Crippen LogP contribution is -2.41. The first kappa shape index (κ1) is 11.3. The summed E-state index contributed by atoms with van der Waals surface area (Å²) in [5.74, 6) is 0. The van der Waals surface area contributed by atoms with Crippen molar-refractivity contribution in [1.29, 1.82) is 0 Å². The number of azide groups is 1. The zero-order valence-corrected chi connectivity index (χ0v) is 8.93. The maximum atomic E-state index is 8.19. The van der Waals surface area contributed by atoms with E-state index in [0.29, 0.717) is 13.2 Å². The molecule has 0 radical (unpaired) electrons. The summed E-state index contributed by atoms with van der Waals surface area (Å²) >= 11 is 0. The van der Waals surface area contributed by atoms with E-state index in [1.165, 1.54) is 0 Å². The molecule has 1 saturated heterocycles. The topological polar surface area (TPSA) is 67.2 Å². The van der Waals surface area contributed by atoms with E-state index in [9.17, 15) is 0 Å². The zero-order valence-electron chi connectivity index (χ0n) is 8.93. The van der Waals surface area contributed by atoms with Crippen LogP contribution in [-0.2, 0) is 9.47 Å². The number of hydrogen-bond donors (Lipinski definition) is 0. The van der Waals surface area contributed by atoms with Crippen LogP contribution < -0.4 is 0 Å². The Morgan fingerprint density at radius 1 is 1.50 bits per heavy atom. The van der Waals surface area contributed by atoms with Gasteiger partial charge in [-0.05, 0) is 12.0 Å². The first-order valence-electron chi connectivity index (χ1n) is 4.82. The highest BCUT2D eigenvalue weighted by Gasteiger charge is 2.32. The normalized spacial score (nSPS) is 28.2. The SMILES string of the molecule is CC(C)(C)[C@H]1OCC[C@@H](CN=[N+]=[N-])O1. The summed E-state index contributed by atoms with van der Waals surface area (Å²) in [6.07, 6.45) is 0.602. The molecule has 0 aliphatic carbocycles. The third kappa shape index (κ3) is 3.18. The van der Waals surface area contributed by atoms with Crippen molar-refractivity contribution in [2.45, 2.75) is 39.6 Å². The van der Waals surface area contributed by atoms with Crippen molar-refractivity contribution in [3.63, 3.8) is 0 Å². The fourth-order valence-electron chi connectivity index (χ4n) is 1.30. The van der Waals surface area contributed by atoms with Gasteiger partial charge >= 0.3 is 0 Å². The van der Waals surface area contributed by atoms with Gasteiger partial charge in [0.25, 0.3) is 0 Å². The summed E-state index contributed by atoms with van der Waals surface area (Å²) in [4.78, 5) is 2.72. The molecule has 80 valence electrons. The Morgan fingerprint density at radius 2 is 2.21 bits per heavy atom. The number of hydrogen-bond acceptors (Lipinski definition) is 3. The second-order valence-corrected chi connectivity index (χ2v) is 4.53. The third-order valence-corrected chi connectivity index (χ3v) is 2.08. The Balaban J connectivity index is 2.47. The first-order chi connectivity index (χ1) is 6.54. The Morgan fingerprint density at radius 3 is 2.79 bits per heavy atom. The standard InChI is InChI=1S/C9H17N3O2/c1-9(2,3)8-13-5-4-7(14-8)6-11-12-10/h7-8H,4-6H2,1-3H3/t7-,8-/m0/s1. The predicted octanol–water partition coefficient (Wildman–Crippen LogP) is 2.47. The van der Waals surface area contributed by atoms with E-state index in [1.807, 2.05) is 0 Å². The van der Waals surface area contributed by atoms with Crippen LogP contribution in [0.3, 0.4) is 0 Å². The lowest BCUT2D eigenvalue weighted by atomic mass is 9.95. The van der Waals surface area contributed by atoms with Crippen LogP contribution in [0.15, 0.2) is 5.11 Å². The maximum absolute atomic E-state index is 8.19. The van der Waals surface area contributed by atoms with Crippen molar-refractivity contribution in [2.75, 3.05) is 13.2 Å². The molecular formula is C9H17N3O2. The van der Waals surface area contributed by atoms with Gasteiger partial charge in [0.05, 0.1) is 19.3 Å². The van der Waals surface area contributed by atoms with Crippen LogP contribution in [0.25, 0.3) is 10.4 Å². The number of rotatable bonds is 2. The third-order valence-electron chi connectivity index (χ3n) is 2.08. The molecule has 0 bridgehead atoms. The first-order valence-corrected chi connectivity index (χ1v) is 4.82. The highest BCUT2D eigenvalue weighted by atomic mass is 16.7. The summed E-state index contributed by atoms with van der Waals surface area (Å²) in [5.41, 5.74) is 8.16. The van der Waals surface area contributed by atoms with Crippen molar-refractivity contribution in [3.05, 3.63) is 10.4 Å². The molecule has 0 unspecified atom stereocenters. The molecular weight excluding hydrogens is 182 g/mol. The van der Waals surface area contributed by atoms with Crippen LogP contribution >= 0.6 is 0 Å². The molecule has 0 aromatic carbocycles. The molecule has 0 amide bonds. The Kier molecular flexibility index (Phi) is 3.75. The van der Waals surface area contributed by atoms with E-state index < -0.39 is 0 Å². The molecule has 1 heterocycles.